The maximum absolute atomic E-state index is 11.4. The van der Waals surface area contributed by atoms with E-state index in [1.54, 1.807) is 31.2 Å². The molecule has 2 aromatic rings. The van der Waals surface area contributed by atoms with E-state index in [0.29, 0.717) is 10.8 Å². The zero-order valence-electron chi connectivity index (χ0n) is 10.1. The molecule has 0 bridgehead atoms. The van der Waals surface area contributed by atoms with Crippen LogP contribution in [0, 0.1) is 11.8 Å². The molecule has 0 aliphatic rings. The topological polar surface area (TPSA) is 52.3 Å². The first-order valence-corrected chi connectivity index (χ1v) is 5.98. The summed E-state index contributed by atoms with van der Waals surface area (Å²) in [5, 5.41) is 4.24. The van der Waals surface area contributed by atoms with Crippen molar-refractivity contribution in [1.82, 2.24) is 5.16 Å². The zero-order chi connectivity index (χ0) is 13.7. The van der Waals surface area contributed by atoms with Crippen LogP contribution in [0.4, 0.5) is 0 Å². The smallest absolute Gasteiger partial charge is 0.360 e. The van der Waals surface area contributed by atoms with E-state index >= 15 is 0 Å². The highest BCUT2D eigenvalue weighted by molar-refractivity contribution is 6.30. The van der Waals surface area contributed by atoms with Crippen LogP contribution >= 0.6 is 11.6 Å². The number of halogens is 1. The molecule has 0 amide bonds. The van der Waals surface area contributed by atoms with E-state index in [4.69, 9.17) is 20.9 Å². The third-order valence-electron chi connectivity index (χ3n) is 2.17. The van der Waals surface area contributed by atoms with Gasteiger partial charge < -0.3 is 9.26 Å². The maximum Gasteiger partial charge on any atom is 0.360 e. The van der Waals surface area contributed by atoms with Crippen LogP contribution in [0.15, 0.2) is 34.9 Å². The fraction of sp³-hybridized carbons (Fsp3) is 0.143. The number of carbonyl (C=O) groups excluding carboxylic acids is 1. The molecule has 0 radical (unpaired) electrons. The molecule has 2 rings (SSSR count). The summed E-state index contributed by atoms with van der Waals surface area (Å²) in [6, 6.07) is 8.52. The second-order valence-electron chi connectivity index (χ2n) is 3.55. The van der Waals surface area contributed by atoms with E-state index < -0.39 is 5.97 Å². The Hall–Kier alpha value is -2.25. The van der Waals surface area contributed by atoms with E-state index in [-0.39, 0.29) is 12.3 Å². The van der Waals surface area contributed by atoms with Gasteiger partial charge in [-0.05, 0) is 37.1 Å². The Balaban J connectivity index is 2.12. The summed E-state index contributed by atoms with van der Waals surface area (Å²) in [6.07, 6.45) is 0. The van der Waals surface area contributed by atoms with Crippen LogP contribution in [0.3, 0.4) is 0 Å². The first-order chi connectivity index (χ1) is 9.19. The van der Waals surface area contributed by atoms with Crippen molar-refractivity contribution in [2.75, 3.05) is 6.61 Å². The average Bonchev–Trinajstić information content (AvgIpc) is 2.87. The second kappa shape index (κ2) is 6.07. The molecular formula is C14H10ClNO3. The highest BCUT2D eigenvalue weighted by atomic mass is 35.5. The molecule has 0 atom stereocenters. The summed E-state index contributed by atoms with van der Waals surface area (Å²) in [6.45, 7) is 2.01. The minimum absolute atomic E-state index is 0.113. The van der Waals surface area contributed by atoms with Crippen molar-refractivity contribution in [2.45, 2.75) is 6.92 Å². The third-order valence-corrected chi connectivity index (χ3v) is 2.42. The lowest BCUT2D eigenvalue weighted by Crippen LogP contribution is -2.04. The molecule has 1 heterocycles. The summed E-state index contributed by atoms with van der Waals surface area (Å²) in [5.74, 6) is 5.43. The Kier molecular flexibility index (Phi) is 4.22. The summed E-state index contributed by atoms with van der Waals surface area (Å²) in [7, 11) is 0. The van der Waals surface area contributed by atoms with Gasteiger partial charge >= 0.3 is 5.97 Å². The second-order valence-corrected chi connectivity index (χ2v) is 3.99. The summed E-state index contributed by atoms with van der Waals surface area (Å²) in [5.41, 5.74) is 0.903. The molecule has 0 fully saturated rings. The molecule has 96 valence electrons. The Morgan fingerprint density at radius 1 is 1.37 bits per heavy atom. The predicted molar refractivity (Wildman–Crippen MR) is 69.9 cm³/mol. The third kappa shape index (κ3) is 3.60. The van der Waals surface area contributed by atoms with Crippen LogP contribution < -0.4 is 0 Å². The van der Waals surface area contributed by atoms with Gasteiger partial charge in [-0.25, -0.2) is 4.79 Å². The molecule has 4 nitrogen and oxygen atoms in total. The first kappa shape index (κ1) is 13.2. The van der Waals surface area contributed by atoms with Crippen molar-refractivity contribution in [3.05, 3.63) is 52.4 Å². The normalized spacial score (nSPS) is 9.58. The number of esters is 1. The summed E-state index contributed by atoms with van der Waals surface area (Å²) in [4.78, 5) is 11.4. The fourth-order valence-corrected chi connectivity index (χ4v) is 1.43. The largest absolute Gasteiger partial charge is 0.461 e. The van der Waals surface area contributed by atoms with Crippen molar-refractivity contribution >= 4 is 17.6 Å². The number of carbonyl (C=O) groups is 1. The lowest BCUT2D eigenvalue weighted by Gasteiger charge is -1.94. The van der Waals surface area contributed by atoms with Crippen molar-refractivity contribution in [3.63, 3.8) is 0 Å². The van der Waals surface area contributed by atoms with Gasteiger partial charge in [0.05, 0.1) is 6.61 Å². The van der Waals surface area contributed by atoms with Gasteiger partial charge in [-0.2, -0.15) is 0 Å². The monoisotopic (exact) mass is 275 g/mol. The average molecular weight is 276 g/mol. The molecule has 1 aromatic heterocycles. The van der Waals surface area contributed by atoms with Gasteiger partial charge in [0.25, 0.3) is 0 Å². The Bertz CT molecular complexity index is 635. The first-order valence-electron chi connectivity index (χ1n) is 5.60. The molecule has 0 unspecified atom stereocenters. The number of hydrogen-bond acceptors (Lipinski definition) is 4. The molecule has 19 heavy (non-hydrogen) atoms. The predicted octanol–water partition coefficient (Wildman–Crippen LogP) is 2.90. The van der Waals surface area contributed by atoms with E-state index in [9.17, 15) is 4.79 Å². The number of nitrogens with zero attached hydrogens (tertiary/aromatic N) is 1. The molecule has 0 aliphatic heterocycles. The molecule has 5 heteroatoms. The van der Waals surface area contributed by atoms with Gasteiger partial charge in [0.1, 0.15) is 0 Å². The minimum Gasteiger partial charge on any atom is -0.461 e. The van der Waals surface area contributed by atoms with Crippen molar-refractivity contribution in [3.8, 4) is 11.8 Å². The lowest BCUT2D eigenvalue weighted by atomic mass is 10.2. The van der Waals surface area contributed by atoms with Crippen molar-refractivity contribution in [1.29, 1.82) is 0 Å². The van der Waals surface area contributed by atoms with Crippen LogP contribution in [0.5, 0.6) is 0 Å². The maximum atomic E-state index is 11.4. The van der Waals surface area contributed by atoms with Gasteiger partial charge in [-0.3, -0.25) is 0 Å². The van der Waals surface area contributed by atoms with Gasteiger partial charge in [-0.1, -0.05) is 22.7 Å². The van der Waals surface area contributed by atoms with E-state index in [1.807, 2.05) is 0 Å². The quantitative estimate of drug-likeness (QED) is 0.625. The molecule has 1 aromatic carbocycles. The van der Waals surface area contributed by atoms with Crippen LogP contribution in [-0.2, 0) is 4.74 Å². The highest BCUT2D eigenvalue weighted by Gasteiger charge is 2.11. The Morgan fingerprint density at radius 3 is 2.79 bits per heavy atom. The highest BCUT2D eigenvalue weighted by Crippen LogP contribution is 2.09. The molecule has 0 N–H and O–H groups in total. The zero-order valence-corrected chi connectivity index (χ0v) is 10.9. The molecule has 0 aliphatic carbocycles. The van der Waals surface area contributed by atoms with Crippen molar-refractivity contribution < 1.29 is 14.1 Å². The standard InChI is InChI=1S/C14H10ClNO3/c1-2-18-14(17)13-9-12(19-16-13)8-5-10-3-6-11(15)7-4-10/h3-4,6-7,9H,2H2,1H3. The molecular weight excluding hydrogens is 266 g/mol. The summed E-state index contributed by atoms with van der Waals surface area (Å²) >= 11 is 5.77. The van der Waals surface area contributed by atoms with Crippen LogP contribution in [0.2, 0.25) is 5.02 Å². The Labute approximate surface area is 115 Å². The van der Waals surface area contributed by atoms with E-state index in [2.05, 4.69) is 17.0 Å². The molecule has 0 saturated heterocycles. The Morgan fingerprint density at radius 2 is 2.11 bits per heavy atom. The number of benzene rings is 1. The van der Waals surface area contributed by atoms with Gasteiger partial charge in [0.15, 0.2) is 5.69 Å². The van der Waals surface area contributed by atoms with Gasteiger partial charge in [0.2, 0.25) is 5.76 Å². The van der Waals surface area contributed by atoms with Crippen molar-refractivity contribution in [2.24, 2.45) is 0 Å². The van der Waals surface area contributed by atoms with Gasteiger partial charge in [0, 0.05) is 16.7 Å². The SMILES string of the molecule is CCOC(=O)c1cc(C#Cc2ccc(Cl)cc2)on1. The van der Waals surface area contributed by atoms with E-state index in [0.717, 1.165) is 5.56 Å². The van der Waals surface area contributed by atoms with Crippen LogP contribution in [0.25, 0.3) is 0 Å². The number of rotatable bonds is 2. The summed E-state index contributed by atoms with van der Waals surface area (Å²) < 4.78 is 9.72. The number of ether oxygens (including phenoxy) is 1. The fourth-order valence-electron chi connectivity index (χ4n) is 1.30. The number of hydrogen-bond donors (Lipinski definition) is 0. The van der Waals surface area contributed by atoms with Crippen LogP contribution in [-0.4, -0.2) is 17.7 Å². The lowest BCUT2D eigenvalue weighted by molar-refractivity contribution is 0.0514. The van der Waals surface area contributed by atoms with E-state index in [1.165, 1.54) is 6.07 Å². The van der Waals surface area contributed by atoms with Crippen LogP contribution in [0.1, 0.15) is 28.7 Å². The van der Waals surface area contributed by atoms with Gasteiger partial charge in [-0.15, -0.1) is 0 Å². The molecule has 0 saturated carbocycles. The molecule has 0 spiro atoms. The minimum atomic E-state index is -0.522. The number of aromatic nitrogens is 1.